The summed E-state index contributed by atoms with van der Waals surface area (Å²) >= 11 is 0. The monoisotopic (exact) mass is 229 g/mol. The fourth-order valence-electron chi connectivity index (χ4n) is 2.00. The third-order valence-electron chi connectivity index (χ3n) is 3.15. The third-order valence-corrected chi connectivity index (χ3v) is 3.15. The molecule has 1 aromatic carbocycles. The van der Waals surface area contributed by atoms with Gasteiger partial charge in [-0.25, -0.2) is 0 Å². The van der Waals surface area contributed by atoms with Crippen molar-refractivity contribution in [2.75, 3.05) is 16.8 Å². The third kappa shape index (κ3) is 2.09. The molecule has 1 atom stereocenters. The summed E-state index contributed by atoms with van der Waals surface area (Å²) in [7, 11) is 0. The van der Waals surface area contributed by atoms with E-state index in [2.05, 4.69) is 30.1 Å². The molecule has 1 N–H and O–H groups in total. The van der Waals surface area contributed by atoms with E-state index in [9.17, 15) is 4.79 Å². The zero-order valence-corrected chi connectivity index (χ0v) is 10.0. The van der Waals surface area contributed by atoms with Crippen molar-refractivity contribution >= 4 is 17.3 Å². The second-order valence-electron chi connectivity index (χ2n) is 4.28. The van der Waals surface area contributed by atoms with Crippen LogP contribution in [0.15, 0.2) is 18.2 Å². The van der Waals surface area contributed by atoms with Crippen LogP contribution < -0.4 is 10.2 Å². The molecule has 0 fully saturated rings. The van der Waals surface area contributed by atoms with Gasteiger partial charge in [-0.1, -0.05) is 6.92 Å². The molecule has 0 saturated heterocycles. The van der Waals surface area contributed by atoms with Gasteiger partial charge in [0.1, 0.15) is 0 Å². The lowest BCUT2D eigenvalue weighted by Gasteiger charge is -2.35. The van der Waals surface area contributed by atoms with E-state index in [0.717, 1.165) is 17.8 Å². The zero-order valence-electron chi connectivity index (χ0n) is 10.0. The molecule has 0 saturated carbocycles. The summed E-state index contributed by atoms with van der Waals surface area (Å²) in [6.45, 7) is 4.58. The van der Waals surface area contributed by atoms with Crippen molar-refractivity contribution in [3.63, 3.8) is 0 Å². The van der Waals surface area contributed by atoms with Crippen LogP contribution in [0.3, 0.4) is 0 Å². The van der Waals surface area contributed by atoms with Crippen LogP contribution in [0.4, 0.5) is 11.4 Å². The summed E-state index contributed by atoms with van der Waals surface area (Å²) in [5.74, 6) is -0.0205. The molecule has 0 aromatic heterocycles. The number of benzene rings is 1. The van der Waals surface area contributed by atoms with Crippen LogP contribution >= 0.6 is 0 Å². The van der Waals surface area contributed by atoms with E-state index < -0.39 is 0 Å². The van der Waals surface area contributed by atoms with Gasteiger partial charge >= 0.3 is 0 Å². The molecule has 1 unspecified atom stereocenters. The molecule has 17 heavy (non-hydrogen) atoms. The number of fused-ring (bicyclic) bond motifs is 1. The highest BCUT2D eigenvalue weighted by Gasteiger charge is 2.24. The molecule has 88 valence electrons. The Labute approximate surface area is 101 Å². The molecule has 0 aliphatic carbocycles. The number of nitrogens with one attached hydrogen (secondary N) is 1. The van der Waals surface area contributed by atoms with Crippen molar-refractivity contribution in [3.05, 3.63) is 23.8 Å². The Morgan fingerprint density at radius 3 is 3.00 bits per heavy atom. The van der Waals surface area contributed by atoms with E-state index in [4.69, 9.17) is 5.26 Å². The Bertz CT molecular complexity index is 490. The minimum atomic E-state index is -0.0205. The maximum atomic E-state index is 11.6. The van der Waals surface area contributed by atoms with Crippen LogP contribution in [0.25, 0.3) is 0 Å². The largest absolute Gasteiger partial charge is 0.358 e. The number of carbonyl (C=O) groups is 1. The normalized spacial score (nSPS) is 15.8. The minimum absolute atomic E-state index is 0.0205. The van der Waals surface area contributed by atoms with Gasteiger partial charge in [-0.2, -0.15) is 5.26 Å². The molecule has 0 bridgehead atoms. The number of nitrogens with zero attached hydrogens (tertiary/aromatic N) is 2. The molecule has 4 heteroatoms. The lowest BCUT2D eigenvalue weighted by atomic mass is 10.1. The van der Waals surface area contributed by atoms with Gasteiger partial charge in [0.2, 0.25) is 5.91 Å². The van der Waals surface area contributed by atoms with Crippen LogP contribution in [0.5, 0.6) is 0 Å². The standard InChI is InChI=1S/C13H15N3O/c1-3-9(2)16-8-13(17)15-11-6-10(7-14)4-5-12(11)16/h4-6,9H,3,8H2,1-2H3,(H,15,17). The van der Waals surface area contributed by atoms with Gasteiger partial charge in [-0.15, -0.1) is 0 Å². The number of rotatable bonds is 2. The van der Waals surface area contributed by atoms with Crippen molar-refractivity contribution < 1.29 is 4.79 Å². The van der Waals surface area contributed by atoms with Crippen molar-refractivity contribution in [3.8, 4) is 6.07 Å². The fourth-order valence-corrected chi connectivity index (χ4v) is 2.00. The number of hydrogen-bond acceptors (Lipinski definition) is 3. The van der Waals surface area contributed by atoms with Crippen molar-refractivity contribution in [1.82, 2.24) is 0 Å². The molecule has 1 aliphatic rings. The van der Waals surface area contributed by atoms with Crippen LogP contribution in [0.1, 0.15) is 25.8 Å². The van der Waals surface area contributed by atoms with Crippen molar-refractivity contribution in [2.24, 2.45) is 0 Å². The maximum absolute atomic E-state index is 11.6. The summed E-state index contributed by atoms with van der Waals surface area (Å²) in [6, 6.07) is 7.80. The molecule has 2 rings (SSSR count). The van der Waals surface area contributed by atoms with E-state index in [-0.39, 0.29) is 5.91 Å². The van der Waals surface area contributed by atoms with Gasteiger partial charge in [-0.05, 0) is 31.5 Å². The molecular weight excluding hydrogens is 214 g/mol. The molecule has 0 radical (unpaired) electrons. The van der Waals surface area contributed by atoms with Gasteiger partial charge in [-0.3, -0.25) is 4.79 Å². The molecule has 1 amide bonds. The first kappa shape index (κ1) is 11.5. The molecule has 1 heterocycles. The number of nitriles is 1. The first-order chi connectivity index (χ1) is 8.15. The number of anilines is 2. The first-order valence-electron chi connectivity index (χ1n) is 5.76. The highest BCUT2D eigenvalue weighted by atomic mass is 16.2. The highest BCUT2D eigenvalue weighted by molar-refractivity contribution is 6.01. The average Bonchev–Trinajstić information content (AvgIpc) is 2.35. The number of hydrogen-bond donors (Lipinski definition) is 1. The quantitative estimate of drug-likeness (QED) is 0.845. The molecule has 4 nitrogen and oxygen atoms in total. The van der Waals surface area contributed by atoms with Gasteiger partial charge in [0.25, 0.3) is 0 Å². The smallest absolute Gasteiger partial charge is 0.243 e. The van der Waals surface area contributed by atoms with E-state index in [0.29, 0.717) is 18.2 Å². The summed E-state index contributed by atoms with van der Waals surface area (Å²) in [6.07, 6.45) is 0.979. The summed E-state index contributed by atoms with van der Waals surface area (Å²) < 4.78 is 0. The van der Waals surface area contributed by atoms with Crippen LogP contribution in [0.2, 0.25) is 0 Å². The second kappa shape index (κ2) is 4.46. The van der Waals surface area contributed by atoms with Gasteiger partial charge in [0.05, 0.1) is 29.6 Å². The van der Waals surface area contributed by atoms with Gasteiger partial charge in [0.15, 0.2) is 0 Å². The summed E-state index contributed by atoms with van der Waals surface area (Å²) in [5, 5.41) is 11.7. The second-order valence-corrected chi connectivity index (χ2v) is 4.28. The van der Waals surface area contributed by atoms with Gasteiger partial charge in [0, 0.05) is 6.04 Å². The average molecular weight is 229 g/mol. The van der Waals surface area contributed by atoms with E-state index in [1.165, 1.54) is 0 Å². The Kier molecular flexibility index (Phi) is 3.01. The Morgan fingerprint density at radius 1 is 1.59 bits per heavy atom. The molecular formula is C13H15N3O. The number of amides is 1. The molecule has 0 spiro atoms. The van der Waals surface area contributed by atoms with Crippen LogP contribution in [0, 0.1) is 11.3 Å². The SMILES string of the molecule is CCC(C)N1CC(=O)Nc2cc(C#N)ccc21. The lowest BCUT2D eigenvalue weighted by Crippen LogP contribution is -2.43. The maximum Gasteiger partial charge on any atom is 0.243 e. The molecule has 1 aliphatic heterocycles. The topological polar surface area (TPSA) is 56.1 Å². The minimum Gasteiger partial charge on any atom is -0.358 e. The molecule has 1 aromatic rings. The summed E-state index contributed by atoms with van der Waals surface area (Å²) in [5.41, 5.74) is 2.30. The Morgan fingerprint density at radius 2 is 2.35 bits per heavy atom. The number of carbonyl (C=O) groups excluding carboxylic acids is 1. The van der Waals surface area contributed by atoms with Gasteiger partial charge < -0.3 is 10.2 Å². The Balaban J connectivity index is 2.44. The lowest BCUT2D eigenvalue weighted by molar-refractivity contribution is -0.115. The van der Waals surface area contributed by atoms with Crippen LogP contribution in [-0.2, 0) is 4.79 Å². The van der Waals surface area contributed by atoms with E-state index in [1.807, 2.05) is 6.07 Å². The summed E-state index contributed by atoms with van der Waals surface area (Å²) in [4.78, 5) is 13.7. The Hall–Kier alpha value is -2.02. The highest BCUT2D eigenvalue weighted by Crippen LogP contribution is 2.32. The zero-order chi connectivity index (χ0) is 12.4. The van der Waals surface area contributed by atoms with Crippen molar-refractivity contribution in [2.45, 2.75) is 26.3 Å². The van der Waals surface area contributed by atoms with E-state index >= 15 is 0 Å². The predicted octanol–water partition coefficient (Wildman–Crippen LogP) is 2.12. The van der Waals surface area contributed by atoms with Crippen molar-refractivity contribution in [1.29, 1.82) is 5.26 Å². The van der Waals surface area contributed by atoms with E-state index in [1.54, 1.807) is 12.1 Å². The first-order valence-corrected chi connectivity index (χ1v) is 5.76. The fraction of sp³-hybridized carbons (Fsp3) is 0.385. The van der Waals surface area contributed by atoms with Crippen LogP contribution in [-0.4, -0.2) is 18.5 Å². The predicted molar refractivity (Wildman–Crippen MR) is 66.9 cm³/mol.